The molecule has 2 saturated heterocycles. The number of hydrogen-bond donors (Lipinski definition) is 1. The van der Waals surface area contributed by atoms with Gasteiger partial charge in [0.05, 0.1) is 0 Å². The molecule has 0 radical (unpaired) electrons. The molecule has 0 aromatic rings. The topological polar surface area (TPSA) is 12.0 Å². The molecule has 0 spiro atoms. The SMILES string of the molecule is C1=CCC2C(=C1)C1CC2N1. The lowest BCUT2D eigenvalue weighted by atomic mass is 9.94. The second kappa shape index (κ2) is 1.54. The van der Waals surface area contributed by atoms with Crippen LogP contribution >= 0.6 is 0 Å². The first-order valence-corrected chi connectivity index (χ1v) is 4.08. The second-order valence-corrected chi connectivity index (χ2v) is 3.50. The molecule has 2 aliphatic heterocycles. The highest BCUT2D eigenvalue weighted by atomic mass is 15.1. The molecule has 10 heavy (non-hydrogen) atoms. The fourth-order valence-electron chi connectivity index (χ4n) is 2.44. The third-order valence-corrected chi connectivity index (χ3v) is 3.04. The summed E-state index contributed by atoms with van der Waals surface area (Å²) in [6.45, 7) is 0. The lowest BCUT2D eigenvalue weighted by Crippen LogP contribution is -2.45. The summed E-state index contributed by atoms with van der Waals surface area (Å²) in [4.78, 5) is 0. The summed E-state index contributed by atoms with van der Waals surface area (Å²) >= 11 is 0. The van der Waals surface area contributed by atoms with E-state index in [9.17, 15) is 0 Å². The molecular formula is C9H11N. The van der Waals surface area contributed by atoms with Crippen LogP contribution in [0, 0.1) is 5.92 Å². The van der Waals surface area contributed by atoms with Gasteiger partial charge in [-0.05, 0) is 18.4 Å². The Hall–Kier alpha value is -0.560. The van der Waals surface area contributed by atoms with E-state index in [0.29, 0.717) is 0 Å². The van der Waals surface area contributed by atoms with Crippen molar-refractivity contribution in [2.45, 2.75) is 24.9 Å². The summed E-state index contributed by atoms with van der Waals surface area (Å²) in [5.74, 6) is 0.870. The first-order valence-electron chi connectivity index (χ1n) is 4.08. The number of allylic oxidation sites excluding steroid dienone is 3. The highest BCUT2D eigenvalue weighted by Gasteiger charge is 2.47. The molecule has 0 aromatic heterocycles. The van der Waals surface area contributed by atoms with Crippen LogP contribution < -0.4 is 5.32 Å². The summed E-state index contributed by atoms with van der Waals surface area (Å²) in [6, 6.07) is 1.60. The zero-order chi connectivity index (χ0) is 6.55. The van der Waals surface area contributed by atoms with Gasteiger partial charge in [0.25, 0.3) is 0 Å². The normalized spacial score (nSPS) is 48.0. The average Bonchev–Trinajstić information content (AvgIpc) is 2.36. The summed E-state index contributed by atoms with van der Waals surface area (Å²) in [7, 11) is 0. The number of nitrogens with one attached hydrogen (secondary N) is 1. The maximum atomic E-state index is 3.55. The van der Waals surface area contributed by atoms with Gasteiger partial charge >= 0.3 is 0 Å². The second-order valence-electron chi connectivity index (χ2n) is 3.50. The monoisotopic (exact) mass is 133 g/mol. The Morgan fingerprint density at radius 2 is 2.40 bits per heavy atom. The molecule has 2 bridgehead atoms. The molecule has 1 saturated carbocycles. The Morgan fingerprint density at radius 3 is 3.20 bits per heavy atom. The Balaban J connectivity index is 2.05. The van der Waals surface area contributed by atoms with Crippen LogP contribution in [0.15, 0.2) is 23.8 Å². The fraction of sp³-hybridized carbons (Fsp3) is 0.556. The summed E-state index contributed by atoms with van der Waals surface area (Å²) in [5.41, 5.74) is 1.67. The molecule has 1 N–H and O–H groups in total. The van der Waals surface area contributed by atoms with Crippen molar-refractivity contribution in [2.75, 3.05) is 0 Å². The molecular weight excluding hydrogens is 122 g/mol. The van der Waals surface area contributed by atoms with E-state index >= 15 is 0 Å². The van der Waals surface area contributed by atoms with E-state index in [1.54, 1.807) is 5.57 Å². The van der Waals surface area contributed by atoms with Gasteiger partial charge in [-0.25, -0.2) is 0 Å². The van der Waals surface area contributed by atoms with Gasteiger partial charge in [0, 0.05) is 18.0 Å². The van der Waals surface area contributed by atoms with Crippen molar-refractivity contribution >= 4 is 0 Å². The maximum absolute atomic E-state index is 3.55. The van der Waals surface area contributed by atoms with E-state index in [1.165, 1.54) is 12.8 Å². The van der Waals surface area contributed by atoms with Gasteiger partial charge in [-0.3, -0.25) is 0 Å². The van der Waals surface area contributed by atoms with Crippen LogP contribution in [-0.2, 0) is 0 Å². The van der Waals surface area contributed by atoms with E-state index < -0.39 is 0 Å². The van der Waals surface area contributed by atoms with Crippen LogP contribution in [0.25, 0.3) is 0 Å². The summed E-state index contributed by atoms with van der Waals surface area (Å²) in [6.07, 6.45) is 9.47. The van der Waals surface area contributed by atoms with Crippen molar-refractivity contribution in [1.29, 1.82) is 0 Å². The van der Waals surface area contributed by atoms with E-state index in [2.05, 4.69) is 23.5 Å². The van der Waals surface area contributed by atoms with Crippen molar-refractivity contribution in [3.63, 3.8) is 0 Å². The molecule has 1 heteroatoms. The van der Waals surface area contributed by atoms with Crippen LogP contribution in [0.5, 0.6) is 0 Å². The smallest absolute Gasteiger partial charge is 0.0303 e. The van der Waals surface area contributed by atoms with Crippen molar-refractivity contribution in [1.82, 2.24) is 5.32 Å². The van der Waals surface area contributed by atoms with Gasteiger partial charge in [0.2, 0.25) is 0 Å². The Morgan fingerprint density at radius 1 is 1.50 bits per heavy atom. The molecule has 3 fully saturated rings. The zero-order valence-corrected chi connectivity index (χ0v) is 5.88. The molecule has 0 aromatic carbocycles. The van der Waals surface area contributed by atoms with E-state index in [1.807, 2.05) is 0 Å². The molecule has 0 amide bonds. The lowest BCUT2D eigenvalue weighted by molar-refractivity contribution is 0.341. The third kappa shape index (κ3) is 0.441. The highest BCUT2D eigenvalue weighted by molar-refractivity contribution is 5.36. The van der Waals surface area contributed by atoms with Crippen molar-refractivity contribution < 1.29 is 0 Å². The first kappa shape index (κ1) is 5.14. The molecule has 52 valence electrons. The van der Waals surface area contributed by atoms with Gasteiger partial charge in [0.15, 0.2) is 0 Å². The molecule has 4 rings (SSSR count). The fourth-order valence-corrected chi connectivity index (χ4v) is 2.44. The van der Waals surface area contributed by atoms with Gasteiger partial charge in [0.1, 0.15) is 0 Å². The Kier molecular flexibility index (Phi) is 0.789. The summed E-state index contributed by atoms with van der Waals surface area (Å²) in [5, 5.41) is 3.55. The van der Waals surface area contributed by atoms with Crippen LogP contribution in [0.2, 0.25) is 0 Å². The van der Waals surface area contributed by atoms with Gasteiger partial charge in [-0.15, -0.1) is 0 Å². The molecule has 3 unspecified atom stereocenters. The van der Waals surface area contributed by atoms with E-state index in [-0.39, 0.29) is 0 Å². The lowest BCUT2D eigenvalue weighted by Gasteiger charge is -2.26. The van der Waals surface area contributed by atoms with Crippen LogP contribution in [0.3, 0.4) is 0 Å². The first-order chi connectivity index (χ1) is 4.95. The van der Waals surface area contributed by atoms with E-state index in [0.717, 1.165) is 18.0 Å². The standard InChI is InChI=1S/C9H11N/c1-2-4-7-6(3-1)8-5-9(7)10-8/h1-3,7-10H,4-5H2. The Bertz CT molecular complexity index is 221. The predicted octanol–water partition coefficient (Wildman–Crippen LogP) is 1.23. The maximum Gasteiger partial charge on any atom is 0.0303 e. The van der Waals surface area contributed by atoms with Gasteiger partial charge < -0.3 is 5.32 Å². The van der Waals surface area contributed by atoms with Crippen molar-refractivity contribution in [3.8, 4) is 0 Å². The number of rotatable bonds is 0. The molecule has 4 aliphatic rings. The van der Waals surface area contributed by atoms with Gasteiger partial charge in [-0.2, -0.15) is 0 Å². The molecule has 2 aliphatic carbocycles. The number of hydrogen-bond acceptors (Lipinski definition) is 1. The minimum atomic E-state index is 0.764. The van der Waals surface area contributed by atoms with Crippen LogP contribution in [-0.4, -0.2) is 12.1 Å². The third-order valence-electron chi connectivity index (χ3n) is 3.04. The average molecular weight is 133 g/mol. The van der Waals surface area contributed by atoms with Crippen LogP contribution in [0.1, 0.15) is 12.8 Å². The summed E-state index contributed by atoms with van der Waals surface area (Å²) < 4.78 is 0. The minimum absolute atomic E-state index is 0.764. The molecule has 2 heterocycles. The van der Waals surface area contributed by atoms with Crippen molar-refractivity contribution in [2.24, 2.45) is 5.92 Å². The zero-order valence-electron chi connectivity index (χ0n) is 5.88. The molecule has 3 atom stereocenters. The highest BCUT2D eigenvalue weighted by Crippen LogP contribution is 2.43. The van der Waals surface area contributed by atoms with Gasteiger partial charge in [-0.1, -0.05) is 18.2 Å². The van der Waals surface area contributed by atoms with E-state index in [4.69, 9.17) is 0 Å². The van der Waals surface area contributed by atoms with Crippen LogP contribution in [0.4, 0.5) is 0 Å². The minimum Gasteiger partial charge on any atom is -0.307 e. The van der Waals surface area contributed by atoms with Crippen molar-refractivity contribution in [3.05, 3.63) is 23.8 Å². The Labute approximate surface area is 60.8 Å². The quantitative estimate of drug-likeness (QED) is 0.524. The molecule has 1 nitrogen and oxygen atoms in total. The largest absolute Gasteiger partial charge is 0.307 e. The predicted molar refractivity (Wildman–Crippen MR) is 40.7 cm³/mol.